The first-order valence-corrected chi connectivity index (χ1v) is 8.06. The van der Waals surface area contributed by atoms with E-state index in [0.717, 1.165) is 0 Å². The summed E-state index contributed by atoms with van der Waals surface area (Å²) in [6.07, 6.45) is 0. The van der Waals surface area contributed by atoms with E-state index in [9.17, 15) is 18.0 Å². The van der Waals surface area contributed by atoms with Gasteiger partial charge in [-0.05, 0) is 38.5 Å². The van der Waals surface area contributed by atoms with E-state index in [1.807, 2.05) is 0 Å². The fourth-order valence-electron chi connectivity index (χ4n) is 2.09. The van der Waals surface area contributed by atoms with Gasteiger partial charge in [0.1, 0.15) is 16.9 Å². The highest BCUT2D eigenvalue weighted by Gasteiger charge is 2.41. The highest BCUT2D eigenvalue weighted by molar-refractivity contribution is 7.92. The van der Waals surface area contributed by atoms with Crippen LogP contribution in [0.25, 0.3) is 0 Å². The largest absolute Gasteiger partial charge is 0.451 e. The first kappa shape index (κ1) is 15.4. The second kappa shape index (κ2) is 5.11. The van der Waals surface area contributed by atoms with Crippen LogP contribution in [0, 0.1) is 0 Å². The van der Waals surface area contributed by atoms with Crippen molar-refractivity contribution in [1.29, 1.82) is 0 Å². The Labute approximate surface area is 123 Å². The van der Waals surface area contributed by atoms with Crippen LogP contribution in [-0.2, 0) is 24.2 Å². The molecular weight excluding hydrogens is 292 g/mol. The van der Waals surface area contributed by atoms with Crippen molar-refractivity contribution in [2.24, 2.45) is 0 Å². The third-order valence-electron chi connectivity index (χ3n) is 3.53. The summed E-state index contributed by atoms with van der Waals surface area (Å²) < 4.78 is 29.4. The zero-order valence-corrected chi connectivity index (χ0v) is 12.9. The molecule has 0 aromatic heterocycles. The molecule has 1 aromatic rings. The molecule has 21 heavy (non-hydrogen) atoms. The summed E-state index contributed by atoms with van der Waals surface area (Å²) in [7, 11) is -3.77. The first-order chi connectivity index (χ1) is 9.65. The number of carbonyl (C=O) groups is 2. The molecule has 1 heterocycles. The van der Waals surface area contributed by atoms with Crippen molar-refractivity contribution in [3.05, 3.63) is 41.5 Å². The Morgan fingerprint density at radius 2 is 1.76 bits per heavy atom. The third-order valence-corrected chi connectivity index (χ3v) is 5.16. The van der Waals surface area contributed by atoms with Crippen molar-refractivity contribution < 1.29 is 22.7 Å². The maximum Gasteiger partial charge on any atom is 0.342 e. The van der Waals surface area contributed by atoms with Crippen LogP contribution in [0.15, 0.2) is 46.4 Å². The molecule has 1 aliphatic rings. The van der Waals surface area contributed by atoms with Gasteiger partial charge in [-0.15, -0.1) is 0 Å². The molecule has 1 aliphatic heterocycles. The second-order valence-electron chi connectivity index (χ2n) is 5.40. The Hall–Kier alpha value is -1.95. The lowest BCUT2D eigenvalue weighted by Gasteiger charge is -2.17. The molecule has 5 nitrogen and oxygen atoms in total. The summed E-state index contributed by atoms with van der Waals surface area (Å²) in [5, 5.41) is 0. The van der Waals surface area contributed by atoms with Gasteiger partial charge in [-0.25, -0.2) is 13.2 Å². The Morgan fingerprint density at radius 1 is 1.19 bits per heavy atom. The highest BCUT2D eigenvalue weighted by atomic mass is 32.2. The van der Waals surface area contributed by atoms with Crippen LogP contribution in [0.4, 0.5) is 0 Å². The number of hydrogen-bond donors (Lipinski definition) is 0. The van der Waals surface area contributed by atoms with Gasteiger partial charge in [-0.1, -0.05) is 18.2 Å². The minimum atomic E-state index is -3.77. The molecule has 6 heteroatoms. The van der Waals surface area contributed by atoms with Gasteiger partial charge in [-0.2, -0.15) is 0 Å². The van der Waals surface area contributed by atoms with Gasteiger partial charge in [0.05, 0.1) is 4.90 Å². The molecule has 112 valence electrons. The fourth-order valence-corrected chi connectivity index (χ4v) is 3.32. The number of Topliss-reactive ketones (excluding diaryl/α,β-unsaturated/α-hetero) is 1. The lowest BCUT2D eigenvalue weighted by molar-refractivity contribution is -0.145. The van der Waals surface area contributed by atoms with E-state index in [0.29, 0.717) is 5.57 Å². The van der Waals surface area contributed by atoms with Gasteiger partial charge in [0.15, 0.2) is 15.6 Å². The van der Waals surface area contributed by atoms with E-state index in [1.54, 1.807) is 39.0 Å². The number of rotatable bonds is 4. The summed E-state index contributed by atoms with van der Waals surface area (Å²) >= 11 is 0. The molecule has 0 saturated carbocycles. The van der Waals surface area contributed by atoms with Crippen LogP contribution < -0.4 is 0 Å². The monoisotopic (exact) mass is 308 g/mol. The van der Waals surface area contributed by atoms with E-state index in [2.05, 4.69) is 0 Å². The molecule has 0 amide bonds. The number of hydrogen-bond acceptors (Lipinski definition) is 5. The van der Waals surface area contributed by atoms with Gasteiger partial charge in [-0.3, -0.25) is 4.79 Å². The smallest absolute Gasteiger partial charge is 0.342 e. The Morgan fingerprint density at radius 3 is 2.24 bits per heavy atom. The van der Waals surface area contributed by atoms with E-state index in [4.69, 9.17) is 4.74 Å². The average Bonchev–Trinajstić information content (AvgIpc) is 2.58. The molecule has 1 aromatic carbocycles. The van der Waals surface area contributed by atoms with Crippen LogP contribution in [0.2, 0.25) is 0 Å². The zero-order chi connectivity index (χ0) is 15.8. The number of esters is 1. The second-order valence-corrected chi connectivity index (χ2v) is 7.38. The summed E-state index contributed by atoms with van der Waals surface area (Å²) in [5.74, 6) is -2.23. The molecule has 0 unspecified atom stereocenters. The highest BCUT2D eigenvalue weighted by Crippen LogP contribution is 2.32. The number of sulfone groups is 1. The molecule has 0 atom stereocenters. The van der Waals surface area contributed by atoms with E-state index in [1.165, 1.54) is 12.1 Å². The van der Waals surface area contributed by atoms with Crippen molar-refractivity contribution in [1.82, 2.24) is 0 Å². The zero-order valence-electron chi connectivity index (χ0n) is 12.0. The standard InChI is InChI=1S/C15H16O5S/c1-10-13(14(17)20-15(10,2)3)12(16)9-21(18,19)11-7-5-4-6-8-11/h4-8H,9H2,1-3H3. The summed E-state index contributed by atoms with van der Waals surface area (Å²) in [6, 6.07) is 7.68. The van der Waals surface area contributed by atoms with Crippen LogP contribution in [0.5, 0.6) is 0 Å². The minimum absolute atomic E-state index is 0.0576. The predicted molar refractivity (Wildman–Crippen MR) is 76.4 cm³/mol. The maximum atomic E-state index is 12.2. The average molecular weight is 308 g/mol. The van der Waals surface area contributed by atoms with Crippen molar-refractivity contribution in [3.63, 3.8) is 0 Å². The SMILES string of the molecule is CC1=C(C(=O)CS(=O)(=O)c2ccccc2)C(=O)OC1(C)C. The van der Waals surface area contributed by atoms with E-state index in [-0.39, 0.29) is 10.5 Å². The molecule has 0 spiro atoms. The van der Waals surface area contributed by atoms with Gasteiger partial charge in [0, 0.05) is 0 Å². The topological polar surface area (TPSA) is 77.5 Å². The molecule has 0 fully saturated rings. The number of carbonyl (C=O) groups excluding carboxylic acids is 2. The van der Waals surface area contributed by atoms with E-state index >= 15 is 0 Å². The number of ketones is 1. The number of benzene rings is 1. The Balaban J connectivity index is 2.31. The molecule has 0 bridgehead atoms. The predicted octanol–water partition coefficient (Wildman–Crippen LogP) is 1.68. The van der Waals surface area contributed by atoms with Crippen molar-refractivity contribution in [3.8, 4) is 0 Å². The van der Waals surface area contributed by atoms with Crippen LogP contribution in [0.1, 0.15) is 20.8 Å². The summed E-state index contributed by atoms with van der Waals surface area (Å²) in [5.41, 5.74) is -0.571. The van der Waals surface area contributed by atoms with Gasteiger partial charge >= 0.3 is 5.97 Å². The van der Waals surface area contributed by atoms with Crippen LogP contribution in [0.3, 0.4) is 0 Å². The molecule has 0 N–H and O–H groups in total. The van der Waals surface area contributed by atoms with Gasteiger partial charge < -0.3 is 4.74 Å². The lowest BCUT2D eigenvalue weighted by atomic mass is 9.96. The first-order valence-electron chi connectivity index (χ1n) is 6.41. The Kier molecular flexibility index (Phi) is 3.76. The molecule has 0 aliphatic carbocycles. The van der Waals surface area contributed by atoms with Crippen molar-refractivity contribution >= 4 is 21.6 Å². The van der Waals surface area contributed by atoms with Crippen molar-refractivity contribution in [2.75, 3.05) is 5.75 Å². The normalized spacial score (nSPS) is 17.8. The number of cyclic esters (lactones) is 1. The van der Waals surface area contributed by atoms with Gasteiger partial charge in [0.2, 0.25) is 0 Å². The van der Waals surface area contributed by atoms with Gasteiger partial charge in [0.25, 0.3) is 0 Å². The molecule has 0 saturated heterocycles. The minimum Gasteiger partial charge on any atom is -0.451 e. The Bertz CT molecular complexity index is 727. The molecule has 2 rings (SSSR count). The third kappa shape index (κ3) is 2.90. The quantitative estimate of drug-likeness (QED) is 0.625. The summed E-state index contributed by atoms with van der Waals surface area (Å²) in [4.78, 5) is 24.0. The number of ether oxygens (including phenoxy) is 1. The van der Waals surface area contributed by atoms with E-state index < -0.39 is 32.9 Å². The lowest BCUT2D eigenvalue weighted by Crippen LogP contribution is -2.21. The maximum absolute atomic E-state index is 12.2. The van der Waals surface area contributed by atoms with Crippen molar-refractivity contribution in [2.45, 2.75) is 31.3 Å². The van der Waals surface area contributed by atoms with Crippen LogP contribution >= 0.6 is 0 Å². The van der Waals surface area contributed by atoms with Crippen LogP contribution in [-0.4, -0.2) is 31.5 Å². The molecular formula is C15H16O5S. The molecule has 0 radical (unpaired) electrons. The summed E-state index contributed by atoms with van der Waals surface area (Å²) in [6.45, 7) is 4.92. The fraction of sp³-hybridized carbons (Fsp3) is 0.333.